The maximum absolute atomic E-state index is 5.07. The summed E-state index contributed by atoms with van der Waals surface area (Å²) in [4.78, 5) is 15.2. The van der Waals surface area contributed by atoms with Gasteiger partial charge in [-0.25, -0.2) is 0 Å². The van der Waals surface area contributed by atoms with E-state index in [0.29, 0.717) is 19.6 Å². The Kier molecular flexibility index (Phi) is 10.5. The molecule has 0 fully saturated rings. The summed E-state index contributed by atoms with van der Waals surface area (Å²) in [6, 6.07) is 54.2. The molecule has 3 aliphatic rings. The van der Waals surface area contributed by atoms with Gasteiger partial charge in [0.2, 0.25) is 0 Å². The van der Waals surface area contributed by atoms with E-state index in [4.69, 9.17) is 15.0 Å². The Bertz CT molecular complexity index is 2840. The van der Waals surface area contributed by atoms with Gasteiger partial charge in [0.1, 0.15) is 0 Å². The molecule has 0 radical (unpaired) electrons. The lowest BCUT2D eigenvalue weighted by molar-refractivity contribution is 1.07. The molecule has 306 valence electrons. The minimum absolute atomic E-state index is 0.580. The third kappa shape index (κ3) is 7.81. The van der Waals surface area contributed by atoms with Gasteiger partial charge >= 0.3 is 0 Å². The van der Waals surface area contributed by atoms with Crippen LogP contribution in [0.1, 0.15) is 66.8 Å². The number of fused-ring (bicyclic) bond motifs is 3. The zero-order valence-electron chi connectivity index (χ0n) is 37.1. The highest BCUT2D eigenvalue weighted by Gasteiger charge is 2.22. The van der Waals surface area contributed by atoms with Gasteiger partial charge in [0.15, 0.2) is 0 Å². The summed E-state index contributed by atoms with van der Waals surface area (Å²) >= 11 is 0. The fourth-order valence-corrected chi connectivity index (χ4v) is 9.94. The lowest BCUT2D eigenvalue weighted by Crippen LogP contribution is -2.02. The molecule has 0 aromatic heterocycles. The van der Waals surface area contributed by atoms with Gasteiger partial charge in [-0.3, -0.25) is 15.0 Å². The number of hydrogen-bond donors (Lipinski definition) is 0. The van der Waals surface area contributed by atoms with E-state index in [0.717, 1.165) is 16.7 Å². The van der Waals surface area contributed by atoms with Gasteiger partial charge in [-0.05, 0) is 230 Å². The zero-order chi connectivity index (χ0) is 43.2. The van der Waals surface area contributed by atoms with Crippen LogP contribution in [0.5, 0.6) is 0 Å². The highest BCUT2D eigenvalue weighted by atomic mass is 14.7. The summed E-state index contributed by atoms with van der Waals surface area (Å²) in [6.07, 6.45) is 6.11. The van der Waals surface area contributed by atoms with Gasteiger partial charge in [0.25, 0.3) is 0 Å². The van der Waals surface area contributed by atoms with Crippen molar-refractivity contribution in [1.82, 2.24) is 0 Å². The molecular weight excluding hydrogens is 763 g/mol. The van der Waals surface area contributed by atoms with Crippen LogP contribution < -0.4 is 0 Å². The molecule has 0 saturated carbocycles. The molecule has 3 heteroatoms. The van der Waals surface area contributed by atoms with Crippen LogP contribution in [-0.2, 0) is 19.6 Å². The topological polar surface area (TPSA) is 37.1 Å². The van der Waals surface area contributed by atoms with Crippen molar-refractivity contribution >= 4 is 18.6 Å². The third-order valence-electron chi connectivity index (χ3n) is 13.1. The van der Waals surface area contributed by atoms with E-state index in [1.807, 2.05) is 18.6 Å². The average molecular weight is 814 g/mol. The van der Waals surface area contributed by atoms with Crippen LogP contribution in [-0.4, -0.2) is 18.6 Å². The van der Waals surface area contributed by atoms with Crippen molar-refractivity contribution in [3.05, 3.63) is 212 Å². The number of aliphatic imine (C=N–C) groups is 3. The molecule has 18 bridgehead atoms. The summed E-state index contributed by atoms with van der Waals surface area (Å²) < 4.78 is 0. The van der Waals surface area contributed by atoms with Crippen LogP contribution in [0.4, 0.5) is 0 Å². The molecule has 11 rings (SSSR count). The SMILES string of the molecule is Cc1ccc2cc1-c1cc3cc(c1)-c1cc(ccc1C)CN=Cc1cccc(c1)-c1c(C)c(c(C)c(c1C)-c1cccc(c1)C=NCc1ccc(C)c-3c1)-c1cccc(c1)C=NC2. The van der Waals surface area contributed by atoms with Gasteiger partial charge in [-0.1, -0.05) is 91.0 Å². The zero-order valence-corrected chi connectivity index (χ0v) is 37.1. The van der Waals surface area contributed by atoms with E-state index in [1.54, 1.807) is 0 Å². The van der Waals surface area contributed by atoms with E-state index >= 15 is 0 Å². The van der Waals surface area contributed by atoms with Crippen molar-refractivity contribution in [2.75, 3.05) is 0 Å². The first-order chi connectivity index (χ1) is 30.7. The summed E-state index contributed by atoms with van der Waals surface area (Å²) in [5, 5.41) is 0. The predicted octanol–water partition coefficient (Wildman–Crippen LogP) is 15.0. The number of rotatable bonds is 0. The van der Waals surface area contributed by atoms with E-state index in [1.165, 1.54) is 117 Å². The molecule has 0 amide bonds. The fraction of sp³-hybridized carbons (Fsp3) is 0.150. The number of aryl methyl sites for hydroxylation is 3. The van der Waals surface area contributed by atoms with Crippen molar-refractivity contribution in [3.8, 4) is 66.8 Å². The Morgan fingerprint density at radius 1 is 0.302 bits per heavy atom. The molecule has 0 atom stereocenters. The smallest absolute Gasteiger partial charge is 0.0640 e. The van der Waals surface area contributed by atoms with Gasteiger partial charge in [0.05, 0.1) is 19.6 Å². The molecule has 63 heavy (non-hydrogen) atoms. The number of benzene rings is 8. The maximum Gasteiger partial charge on any atom is 0.0640 e. The second kappa shape index (κ2) is 16.6. The summed E-state index contributed by atoms with van der Waals surface area (Å²) in [6.45, 7) is 15.3. The van der Waals surface area contributed by atoms with Gasteiger partial charge in [-0.15, -0.1) is 0 Å². The Labute approximate surface area is 372 Å². The Balaban J connectivity index is 1.29. The number of nitrogens with zero attached hydrogens (tertiary/aromatic N) is 3. The number of hydrogen-bond acceptors (Lipinski definition) is 3. The van der Waals surface area contributed by atoms with Crippen LogP contribution >= 0.6 is 0 Å². The molecular formula is C60H51N3. The lowest BCUT2D eigenvalue weighted by atomic mass is 9.80. The molecule has 3 heterocycles. The molecule has 0 N–H and O–H groups in total. The van der Waals surface area contributed by atoms with Gasteiger partial charge in [-0.2, -0.15) is 0 Å². The third-order valence-corrected chi connectivity index (χ3v) is 13.1. The second-order valence-electron chi connectivity index (χ2n) is 17.5. The van der Waals surface area contributed by atoms with E-state index in [9.17, 15) is 0 Å². The largest absolute Gasteiger partial charge is 0.288 e. The molecule has 0 unspecified atom stereocenters. The van der Waals surface area contributed by atoms with Gasteiger partial charge in [0, 0.05) is 18.6 Å². The molecule has 3 aliphatic heterocycles. The molecule has 8 aromatic carbocycles. The summed E-state index contributed by atoms with van der Waals surface area (Å²) in [5.41, 5.74) is 28.7. The van der Waals surface area contributed by atoms with Crippen LogP contribution in [0.3, 0.4) is 0 Å². The quantitative estimate of drug-likeness (QED) is 0.146. The Morgan fingerprint density at radius 3 is 0.905 bits per heavy atom. The molecule has 0 spiro atoms. The van der Waals surface area contributed by atoms with Crippen LogP contribution in [0.25, 0.3) is 66.8 Å². The van der Waals surface area contributed by atoms with Crippen molar-refractivity contribution < 1.29 is 0 Å². The van der Waals surface area contributed by atoms with Crippen molar-refractivity contribution in [2.45, 2.75) is 61.2 Å². The van der Waals surface area contributed by atoms with Crippen LogP contribution in [0.15, 0.2) is 161 Å². The monoisotopic (exact) mass is 813 g/mol. The highest BCUT2D eigenvalue weighted by molar-refractivity contribution is 5.95. The normalized spacial score (nSPS) is 12.9. The summed E-state index contributed by atoms with van der Waals surface area (Å²) in [5.74, 6) is 0. The standard InChI is InChI=1S/C60H51N3/c1-37-16-19-46-25-55(37)52-28-53-30-54(29-52)57-27-48(21-18-39(57)3)36-63-33-45-12-9-15-51(24-45)60-41(5)58(49-13-7-10-43(22-49)31-61-34-46)40(4)59(42(60)6)50-14-8-11-44(23-50)32-62-35-47-20-17-38(2)56(53)26-47/h7-33H,34-36H2,1-6H3. The predicted molar refractivity (Wildman–Crippen MR) is 268 cm³/mol. The minimum atomic E-state index is 0.580. The van der Waals surface area contributed by atoms with Gasteiger partial charge < -0.3 is 0 Å². The van der Waals surface area contributed by atoms with Crippen LogP contribution in [0, 0.1) is 41.5 Å². The first kappa shape index (κ1) is 39.9. The molecule has 3 nitrogen and oxygen atoms in total. The fourth-order valence-electron chi connectivity index (χ4n) is 9.94. The molecule has 0 saturated heterocycles. The van der Waals surface area contributed by atoms with Crippen molar-refractivity contribution in [2.24, 2.45) is 15.0 Å². The van der Waals surface area contributed by atoms with E-state index < -0.39 is 0 Å². The first-order valence-corrected chi connectivity index (χ1v) is 22.1. The molecule has 8 aromatic rings. The minimum Gasteiger partial charge on any atom is -0.288 e. The Morgan fingerprint density at radius 2 is 0.603 bits per heavy atom. The first-order valence-electron chi connectivity index (χ1n) is 22.1. The second-order valence-corrected chi connectivity index (χ2v) is 17.5. The molecule has 0 aliphatic carbocycles. The van der Waals surface area contributed by atoms with E-state index in [2.05, 4.69) is 187 Å². The lowest BCUT2D eigenvalue weighted by Gasteiger charge is -2.24. The van der Waals surface area contributed by atoms with Crippen molar-refractivity contribution in [1.29, 1.82) is 0 Å². The van der Waals surface area contributed by atoms with Crippen molar-refractivity contribution in [3.63, 3.8) is 0 Å². The van der Waals surface area contributed by atoms with E-state index in [-0.39, 0.29) is 0 Å². The highest BCUT2D eigenvalue weighted by Crippen LogP contribution is 2.44. The Hall–Kier alpha value is -7.23. The van der Waals surface area contributed by atoms with Crippen LogP contribution in [0.2, 0.25) is 0 Å². The maximum atomic E-state index is 5.07. The summed E-state index contributed by atoms with van der Waals surface area (Å²) in [7, 11) is 0. The average Bonchev–Trinajstić information content (AvgIpc) is 3.28.